The number of rotatable bonds is 5. The molecule has 124 valence electrons. The molecule has 8 heteroatoms. The quantitative estimate of drug-likeness (QED) is 0.468. The van der Waals surface area contributed by atoms with Gasteiger partial charge in [-0.1, -0.05) is 6.58 Å². The van der Waals surface area contributed by atoms with E-state index in [4.69, 9.17) is 0 Å². The molecular formula is C15H18N2O5S. The van der Waals surface area contributed by atoms with Gasteiger partial charge < -0.3 is 20.3 Å². The summed E-state index contributed by atoms with van der Waals surface area (Å²) in [4.78, 5) is 36.3. The van der Waals surface area contributed by atoms with Crippen molar-refractivity contribution < 1.29 is 24.6 Å². The first-order valence-electron chi connectivity index (χ1n) is 7.40. The number of aliphatic hydroxyl groups excluding tert-OH is 1. The molecule has 1 unspecified atom stereocenters. The minimum atomic E-state index is -1.17. The van der Waals surface area contributed by atoms with E-state index in [-0.39, 0.29) is 22.9 Å². The molecule has 0 bridgehead atoms. The van der Waals surface area contributed by atoms with Crippen LogP contribution in [-0.2, 0) is 14.4 Å². The molecule has 2 saturated heterocycles. The maximum Gasteiger partial charge on any atom is 0.353 e. The fourth-order valence-corrected chi connectivity index (χ4v) is 4.81. The van der Waals surface area contributed by atoms with E-state index in [1.54, 1.807) is 0 Å². The van der Waals surface area contributed by atoms with Crippen LogP contribution in [0, 0.1) is 5.92 Å². The van der Waals surface area contributed by atoms with Crippen molar-refractivity contribution in [3.05, 3.63) is 22.8 Å². The van der Waals surface area contributed by atoms with Crippen molar-refractivity contribution in [2.75, 3.05) is 6.54 Å². The van der Waals surface area contributed by atoms with Crippen molar-refractivity contribution in [2.45, 2.75) is 36.8 Å². The first-order valence-corrected chi connectivity index (χ1v) is 8.28. The summed E-state index contributed by atoms with van der Waals surface area (Å²) in [5.74, 6) is -2.19. The molecule has 3 aliphatic rings. The number of carbonyl (C=O) groups is 3. The summed E-state index contributed by atoms with van der Waals surface area (Å²) >= 11 is 1.34. The average Bonchev–Trinajstić information content (AvgIpc) is 3.02. The van der Waals surface area contributed by atoms with Gasteiger partial charge in [0.15, 0.2) is 0 Å². The molecule has 7 nitrogen and oxygen atoms in total. The SMILES string of the molecule is C=C1C(S[C@@H]2CNC(C=O)C2)=C(C(=O)O)N2C(=O)[C@H]([C@H](C)O)[C@@H]12. The number of hydrogen-bond acceptors (Lipinski definition) is 6. The van der Waals surface area contributed by atoms with Gasteiger partial charge in [-0.05, 0) is 18.9 Å². The number of nitrogens with zero attached hydrogens (tertiary/aromatic N) is 1. The van der Waals surface area contributed by atoms with Crippen LogP contribution < -0.4 is 5.32 Å². The van der Waals surface area contributed by atoms with Crippen LogP contribution in [-0.4, -0.2) is 63.3 Å². The van der Waals surface area contributed by atoms with Gasteiger partial charge in [-0.3, -0.25) is 9.69 Å². The molecule has 0 aromatic carbocycles. The number of carboxylic acids is 1. The van der Waals surface area contributed by atoms with Gasteiger partial charge in [0.1, 0.15) is 12.0 Å². The van der Waals surface area contributed by atoms with Gasteiger partial charge in [0.2, 0.25) is 5.91 Å². The second kappa shape index (κ2) is 5.77. The minimum Gasteiger partial charge on any atom is -0.477 e. The molecule has 2 fully saturated rings. The van der Waals surface area contributed by atoms with Crippen LogP contribution in [0.25, 0.3) is 0 Å². The van der Waals surface area contributed by atoms with E-state index in [1.807, 2.05) is 0 Å². The Labute approximate surface area is 137 Å². The number of aliphatic hydroxyl groups is 1. The Balaban J connectivity index is 1.86. The zero-order valence-corrected chi connectivity index (χ0v) is 13.4. The lowest BCUT2D eigenvalue weighted by Crippen LogP contribution is -2.62. The first-order chi connectivity index (χ1) is 10.9. The summed E-state index contributed by atoms with van der Waals surface area (Å²) in [5.41, 5.74) is 0.508. The van der Waals surface area contributed by atoms with Gasteiger partial charge >= 0.3 is 5.97 Å². The van der Waals surface area contributed by atoms with E-state index in [0.717, 1.165) is 6.29 Å². The fraction of sp³-hybridized carbons (Fsp3) is 0.533. The van der Waals surface area contributed by atoms with Crippen molar-refractivity contribution in [1.82, 2.24) is 10.2 Å². The van der Waals surface area contributed by atoms with Gasteiger partial charge in [0, 0.05) is 16.7 Å². The number of nitrogens with one attached hydrogen (secondary N) is 1. The Kier molecular flexibility index (Phi) is 4.07. The number of amides is 1. The molecule has 0 saturated carbocycles. The molecule has 0 aromatic rings. The Bertz CT molecular complexity index is 629. The summed E-state index contributed by atoms with van der Waals surface area (Å²) < 4.78 is 0. The molecule has 5 atom stereocenters. The van der Waals surface area contributed by atoms with Gasteiger partial charge in [-0.25, -0.2) is 4.79 Å². The highest BCUT2D eigenvalue weighted by Gasteiger charge is 2.58. The molecule has 3 rings (SSSR count). The summed E-state index contributed by atoms with van der Waals surface area (Å²) in [6.07, 6.45) is 0.597. The van der Waals surface area contributed by atoms with Gasteiger partial charge in [-0.2, -0.15) is 0 Å². The molecule has 1 amide bonds. The van der Waals surface area contributed by atoms with Crippen LogP contribution in [0.15, 0.2) is 22.8 Å². The number of aldehydes is 1. The van der Waals surface area contributed by atoms with E-state index in [2.05, 4.69) is 11.9 Å². The summed E-state index contributed by atoms with van der Waals surface area (Å²) in [7, 11) is 0. The zero-order valence-electron chi connectivity index (χ0n) is 12.6. The van der Waals surface area contributed by atoms with Crippen molar-refractivity contribution >= 4 is 29.9 Å². The highest BCUT2D eigenvalue weighted by Crippen LogP contribution is 2.51. The lowest BCUT2D eigenvalue weighted by molar-refractivity contribution is -0.159. The first kappa shape index (κ1) is 16.2. The standard InChI is InChI=1S/C15H18N2O5S/c1-6-11-10(7(2)19)14(20)17(11)12(15(21)22)13(6)23-9-3-8(5-18)16-4-9/h5,7-11,16,19H,1,3-4H2,2H3,(H,21,22)/t7-,8?,9-,10+,11+/m0/s1. The fourth-order valence-electron chi connectivity index (χ4n) is 3.42. The third kappa shape index (κ3) is 2.41. The molecule has 3 aliphatic heterocycles. The van der Waals surface area contributed by atoms with Crippen molar-refractivity contribution in [3.63, 3.8) is 0 Å². The van der Waals surface area contributed by atoms with Crippen molar-refractivity contribution in [2.24, 2.45) is 5.92 Å². The number of fused-ring (bicyclic) bond motifs is 1. The van der Waals surface area contributed by atoms with Crippen LogP contribution in [0.1, 0.15) is 13.3 Å². The van der Waals surface area contributed by atoms with E-state index >= 15 is 0 Å². The third-order valence-electron chi connectivity index (χ3n) is 4.54. The molecule has 0 spiro atoms. The molecule has 0 radical (unpaired) electrons. The maximum absolute atomic E-state index is 12.2. The monoisotopic (exact) mass is 338 g/mol. The van der Waals surface area contributed by atoms with E-state index in [9.17, 15) is 24.6 Å². The Morgan fingerprint density at radius 1 is 1.57 bits per heavy atom. The van der Waals surface area contributed by atoms with Crippen LogP contribution in [0.2, 0.25) is 0 Å². The lowest BCUT2D eigenvalue weighted by Gasteiger charge is -2.44. The topological polar surface area (TPSA) is 107 Å². The molecule has 0 aliphatic carbocycles. The van der Waals surface area contributed by atoms with E-state index < -0.39 is 24.0 Å². The highest BCUT2D eigenvalue weighted by molar-refractivity contribution is 8.04. The van der Waals surface area contributed by atoms with Crippen LogP contribution in [0.3, 0.4) is 0 Å². The summed E-state index contributed by atoms with van der Waals surface area (Å²) in [5, 5.41) is 22.4. The summed E-state index contributed by atoms with van der Waals surface area (Å²) in [6, 6.07) is -0.702. The highest BCUT2D eigenvalue weighted by atomic mass is 32.2. The number of carboxylic acid groups (broad SMARTS) is 1. The largest absolute Gasteiger partial charge is 0.477 e. The summed E-state index contributed by atoms with van der Waals surface area (Å²) in [6.45, 7) is 6.08. The Morgan fingerprint density at radius 3 is 2.78 bits per heavy atom. The van der Waals surface area contributed by atoms with Gasteiger partial charge in [-0.15, -0.1) is 11.8 Å². The van der Waals surface area contributed by atoms with Crippen LogP contribution in [0.4, 0.5) is 0 Å². The van der Waals surface area contributed by atoms with Crippen LogP contribution in [0.5, 0.6) is 0 Å². The molecule has 0 aromatic heterocycles. The number of thioether (sulfide) groups is 1. The maximum atomic E-state index is 12.2. The second-order valence-corrected chi connectivity index (χ2v) is 7.36. The Morgan fingerprint density at radius 2 is 2.26 bits per heavy atom. The number of β-lactam (4-membered cyclic amide) rings is 1. The van der Waals surface area contributed by atoms with Crippen LogP contribution >= 0.6 is 11.8 Å². The second-order valence-electron chi connectivity index (χ2n) is 6.05. The van der Waals surface area contributed by atoms with Gasteiger partial charge in [0.05, 0.1) is 24.1 Å². The smallest absolute Gasteiger partial charge is 0.353 e. The van der Waals surface area contributed by atoms with Gasteiger partial charge in [0.25, 0.3) is 0 Å². The number of aliphatic carboxylic acids is 1. The zero-order chi connectivity index (χ0) is 16.9. The molecule has 23 heavy (non-hydrogen) atoms. The predicted molar refractivity (Wildman–Crippen MR) is 83.5 cm³/mol. The normalized spacial score (nSPS) is 34.4. The molecular weight excluding hydrogens is 320 g/mol. The number of hydrogen-bond donors (Lipinski definition) is 3. The minimum absolute atomic E-state index is 0.0464. The third-order valence-corrected chi connectivity index (χ3v) is 5.92. The molecule has 3 heterocycles. The molecule has 3 N–H and O–H groups in total. The average molecular weight is 338 g/mol. The van der Waals surface area contributed by atoms with E-state index in [1.165, 1.54) is 23.6 Å². The predicted octanol–water partition coefficient (Wildman–Crippen LogP) is -0.277. The Hall–Kier alpha value is -1.64. The van der Waals surface area contributed by atoms with Crippen molar-refractivity contribution in [3.8, 4) is 0 Å². The lowest BCUT2D eigenvalue weighted by atomic mass is 9.82. The van der Waals surface area contributed by atoms with Crippen molar-refractivity contribution in [1.29, 1.82) is 0 Å². The van der Waals surface area contributed by atoms with E-state index in [0.29, 0.717) is 23.4 Å². The number of carbonyl (C=O) groups excluding carboxylic acids is 2.